The maximum Gasteiger partial charge on any atom is 0.335 e. The summed E-state index contributed by atoms with van der Waals surface area (Å²) >= 11 is 0. The van der Waals surface area contributed by atoms with Crippen molar-refractivity contribution in [2.75, 3.05) is 0 Å². The predicted molar refractivity (Wildman–Crippen MR) is 102 cm³/mol. The number of nitrogens with one attached hydrogen (secondary N) is 1. The first-order valence-corrected chi connectivity index (χ1v) is 8.29. The van der Waals surface area contributed by atoms with Crippen LogP contribution in [0.2, 0.25) is 0 Å². The summed E-state index contributed by atoms with van der Waals surface area (Å²) in [7, 11) is 0. The van der Waals surface area contributed by atoms with E-state index in [4.69, 9.17) is 0 Å². The summed E-state index contributed by atoms with van der Waals surface area (Å²) in [5.41, 5.74) is 0.895. The smallest absolute Gasteiger partial charge is 0.335 e. The van der Waals surface area contributed by atoms with Gasteiger partial charge in [0.25, 0.3) is 5.56 Å². The Morgan fingerprint density at radius 2 is 1.79 bits per heavy atom. The summed E-state index contributed by atoms with van der Waals surface area (Å²) in [5, 5.41) is 21.3. The summed E-state index contributed by atoms with van der Waals surface area (Å²) in [6.07, 6.45) is 1.11. The number of aromatic amines is 1. The molecule has 0 unspecified atom stereocenters. The number of aromatic carboxylic acids is 1. The molecule has 0 amide bonds. The van der Waals surface area contributed by atoms with Crippen molar-refractivity contribution in [1.82, 2.24) is 9.55 Å². The molecule has 0 aliphatic heterocycles. The molecule has 28 heavy (non-hydrogen) atoms. The average Bonchev–Trinajstić information content (AvgIpc) is 2.64. The normalized spacial score (nSPS) is 11.1. The van der Waals surface area contributed by atoms with Crippen molar-refractivity contribution in [1.29, 1.82) is 0 Å². The third-order valence-corrected chi connectivity index (χ3v) is 4.32. The van der Waals surface area contributed by atoms with Gasteiger partial charge in [-0.15, -0.1) is 0 Å². The minimum absolute atomic E-state index is 0.0112. The fourth-order valence-electron chi connectivity index (χ4n) is 2.58. The highest BCUT2D eigenvalue weighted by atomic mass is 16.4. The van der Waals surface area contributed by atoms with Gasteiger partial charge in [0.05, 0.1) is 17.3 Å². The Morgan fingerprint density at radius 1 is 1.11 bits per heavy atom. The van der Waals surface area contributed by atoms with E-state index in [0.29, 0.717) is 11.4 Å². The van der Waals surface area contributed by atoms with E-state index in [2.05, 4.69) is 9.98 Å². The van der Waals surface area contributed by atoms with Crippen LogP contribution in [0.25, 0.3) is 5.69 Å². The molecule has 0 aliphatic carbocycles. The Kier molecular flexibility index (Phi) is 4.95. The van der Waals surface area contributed by atoms with Crippen molar-refractivity contribution in [3.05, 3.63) is 85.6 Å². The monoisotopic (exact) mass is 378 g/mol. The largest absolute Gasteiger partial charge is 0.545 e. The van der Waals surface area contributed by atoms with Gasteiger partial charge >= 0.3 is 5.69 Å². The summed E-state index contributed by atoms with van der Waals surface area (Å²) < 4.78 is 0.981. The maximum absolute atomic E-state index is 12.2. The number of benzene rings is 2. The van der Waals surface area contributed by atoms with Crippen LogP contribution >= 0.6 is 0 Å². The highest BCUT2D eigenvalue weighted by molar-refractivity contribution is 5.87. The van der Waals surface area contributed by atoms with Crippen LogP contribution in [0.1, 0.15) is 27.0 Å². The SMILES string of the molecule is Cc1ccc(-n2c(O)c(C=Nc3ccc(C(=O)[O-])cc3)c(=O)[nH]c2=O)cc1C. The molecule has 3 aromatic rings. The van der Waals surface area contributed by atoms with Crippen LogP contribution in [0.5, 0.6) is 5.88 Å². The highest BCUT2D eigenvalue weighted by Gasteiger charge is 2.14. The fraction of sp³-hybridized carbons (Fsp3) is 0.100. The number of aromatic nitrogens is 2. The van der Waals surface area contributed by atoms with Crippen molar-refractivity contribution >= 4 is 17.9 Å². The van der Waals surface area contributed by atoms with Gasteiger partial charge in [-0.2, -0.15) is 0 Å². The lowest BCUT2D eigenvalue weighted by Crippen LogP contribution is -2.31. The molecule has 0 atom stereocenters. The fourth-order valence-corrected chi connectivity index (χ4v) is 2.58. The molecule has 0 saturated heterocycles. The van der Waals surface area contributed by atoms with Crippen LogP contribution < -0.4 is 16.4 Å². The lowest BCUT2D eigenvalue weighted by molar-refractivity contribution is -0.255. The summed E-state index contributed by atoms with van der Waals surface area (Å²) in [4.78, 5) is 41.3. The number of carbonyl (C=O) groups excluding carboxylic acids is 1. The molecule has 142 valence electrons. The molecule has 3 rings (SSSR count). The lowest BCUT2D eigenvalue weighted by atomic mass is 10.1. The molecule has 8 nitrogen and oxygen atoms in total. The lowest BCUT2D eigenvalue weighted by Gasteiger charge is -2.11. The Morgan fingerprint density at radius 3 is 2.39 bits per heavy atom. The molecule has 2 aromatic carbocycles. The summed E-state index contributed by atoms with van der Waals surface area (Å²) in [6.45, 7) is 3.78. The molecule has 0 saturated carbocycles. The predicted octanol–water partition coefficient (Wildman–Crippen LogP) is 0.962. The topological polar surface area (TPSA) is 128 Å². The van der Waals surface area contributed by atoms with E-state index in [1.54, 1.807) is 18.2 Å². The maximum atomic E-state index is 12.2. The Bertz CT molecular complexity index is 1200. The number of aromatic hydroxyl groups is 1. The molecule has 2 N–H and O–H groups in total. The van der Waals surface area contributed by atoms with E-state index in [1.165, 1.54) is 24.3 Å². The van der Waals surface area contributed by atoms with Crippen LogP contribution in [0.15, 0.2) is 57.0 Å². The van der Waals surface area contributed by atoms with E-state index >= 15 is 0 Å². The van der Waals surface area contributed by atoms with Gasteiger partial charge in [-0.25, -0.2) is 9.36 Å². The van der Waals surface area contributed by atoms with E-state index in [9.17, 15) is 24.6 Å². The van der Waals surface area contributed by atoms with Crippen LogP contribution in [0.3, 0.4) is 0 Å². The van der Waals surface area contributed by atoms with Crippen molar-refractivity contribution in [2.45, 2.75) is 13.8 Å². The molecular formula is C20H16N3O5-. The van der Waals surface area contributed by atoms with Gasteiger partial charge in [-0.1, -0.05) is 18.2 Å². The van der Waals surface area contributed by atoms with Gasteiger partial charge in [-0.3, -0.25) is 14.8 Å². The average molecular weight is 378 g/mol. The summed E-state index contributed by atoms with van der Waals surface area (Å²) in [5.74, 6) is -1.86. The number of H-pyrrole nitrogens is 1. The third kappa shape index (κ3) is 3.61. The molecule has 0 spiro atoms. The number of nitrogens with zero attached hydrogens (tertiary/aromatic N) is 2. The standard InChI is InChI=1S/C20H17N3O5/c1-11-3-8-15(9-12(11)2)23-18(25)16(17(24)22-20(23)28)10-21-14-6-4-13(5-7-14)19(26)27/h3-10,25H,1-2H3,(H,26,27)(H,22,24,28)/p-1. The van der Waals surface area contributed by atoms with Crippen molar-refractivity contribution < 1.29 is 15.0 Å². The first kappa shape index (κ1) is 18.8. The van der Waals surface area contributed by atoms with E-state index in [1.807, 2.05) is 13.8 Å². The van der Waals surface area contributed by atoms with Crippen molar-refractivity contribution in [3.8, 4) is 11.6 Å². The highest BCUT2D eigenvalue weighted by Crippen LogP contribution is 2.19. The van der Waals surface area contributed by atoms with E-state index < -0.39 is 23.1 Å². The molecule has 1 heterocycles. The number of aryl methyl sites for hydroxylation is 2. The van der Waals surface area contributed by atoms with Crippen LogP contribution in [0, 0.1) is 13.8 Å². The molecule has 0 fully saturated rings. The number of carboxylic acid groups (broad SMARTS) is 1. The second-order valence-electron chi connectivity index (χ2n) is 6.19. The van der Waals surface area contributed by atoms with E-state index in [0.717, 1.165) is 21.9 Å². The number of aliphatic imine (C=N–C) groups is 1. The first-order valence-electron chi connectivity index (χ1n) is 8.29. The van der Waals surface area contributed by atoms with Gasteiger partial charge in [0.1, 0.15) is 5.56 Å². The van der Waals surface area contributed by atoms with Crippen LogP contribution in [0.4, 0.5) is 5.69 Å². The summed E-state index contributed by atoms with van der Waals surface area (Å²) in [6, 6.07) is 10.6. The van der Waals surface area contributed by atoms with Gasteiger partial charge in [0.15, 0.2) is 0 Å². The molecule has 0 radical (unpaired) electrons. The molecule has 8 heteroatoms. The Hall–Kier alpha value is -3.94. The molecule has 0 bridgehead atoms. The Balaban J connectivity index is 2.06. The second kappa shape index (κ2) is 7.36. The van der Waals surface area contributed by atoms with Crippen molar-refractivity contribution in [2.24, 2.45) is 4.99 Å². The first-order chi connectivity index (χ1) is 13.3. The van der Waals surface area contributed by atoms with Crippen LogP contribution in [-0.2, 0) is 0 Å². The van der Waals surface area contributed by atoms with Gasteiger partial charge in [0, 0.05) is 6.21 Å². The van der Waals surface area contributed by atoms with Gasteiger partial charge in [-0.05, 0) is 54.8 Å². The quantitative estimate of drug-likeness (QED) is 0.654. The number of carbonyl (C=O) groups is 1. The molecular weight excluding hydrogens is 362 g/mol. The molecule has 0 aliphatic rings. The van der Waals surface area contributed by atoms with E-state index in [-0.39, 0.29) is 11.1 Å². The zero-order valence-corrected chi connectivity index (χ0v) is 15.1. The third-order valence-electron chi connectivity index (χ3n) is 4.32. The number of hydrogen-bond acceptors (Lipinski definition) is 6. The second-order valence-corrected chi connectivity index (χ2v) is 6.19. The molecule has 1 aromatic heterocycles. The number of hydrogen-bond donors (Lipinski definition) is 2. The number of carboxylic acids is 1. The van der Waals surface area contributed by atoms with Gasteiger partial charge in [0.2, 0.25) is 5.88 Å². The van der Waals surface area contributed by atoms with Crippen molar-refractivity contribution in [3.63, 3.8) is 0 Å². The zero-order valence-electron chi connectivity index (χ0n) is 15.1. The van der Waals surface area contributed by atoms with Gasteiger partial charge < -0.3 is 15.0 Å². The minimum atomic E-state index is -1.31. The Labute approximate surface area is 159 Å². The number of rotatable bonds is 4. The van der Waals surface area contributed by atoms with Crippen LogP contribution in [-0.4, -0.2) is 26.8 Å². The zero-order chi connectivity index (χ0) is 20.4. The minimum Gasteiger partial charge on any atom is -0.545 e.